The van der Waals surface area contributed by atoms with Crippen molar-refractivity contribution in [1.82, 2.24) is 14.9 Å². The zero-order valence-corrected chi connectivity index (χ0v) is 13.2. The number of rotatable bonds is 3. The van der Waals surface area contributed by atoms with Gasteiger partial charge in [-0.2, -0.15) is 0 Å². The molecule has 1 aliphatic heterocycles. The Morgan fingerprint density at radius 3 is 2.71 bits per heavy atom. The number of aromatic amines is 1. The number of nitrogens with one attached hydrogen (secondary N) is 1. The third kappa shape index (κ3) is 2.97. The van der Waals surface area contributed by atoms with Crippen molar-refractivity contribution in [3.63, 3.8) is 0 Å². The summed E-state index contributed by atoms with van der Waals surface area (Å²) in [6.45, 7) is 0.949. The summed E-state index contributed by atoms with van der Waals surface area (Å²) >= 11 is 0. The van der Waals surface area contributed by atoms with Crippen LogP contribution in [-0.4, -0.2) is 40.0 Å². The van der Waals surface area contributed by atoms with E-state index in [4.69, 9.17) is 4.74 Å². The molecule has 6 heteroatoms. The molecule has 2 atom stereocenters. The lowest BCUT2D eigenvalue weighted by Crippen LogP contribution is -2.49. The highest BCUT2D eigenvalue weighted by atomic mass is 16.5. The van der Waals surface area contributed by atoms with Crippen molar-refractivity contribution in [2.45, 2.75) is 25.0 Å². The Labute approximate surface area is 139 Å². The average Bonchev–Trinajstić information content (AvgIpc) is 3.47. The number of morpholine rings is 1. The molecule has 0 radical (unpaired) electrons. The summed E-state index contributed by atoms with van der Waals surface area (Å²) in [5.74, 6) is 0.181. The van der Waals surface area contributed by atoms with Crippen molar-refractivity contribution >= 4 is 5.91 Å². The van der Waals surface area contributed by atoms with Crippen LogP contribution < -0.4 is 5.56 Å². The van der Waals surface area contributed by atoms with E-state index < -0.39 is 5.56 Å². The standard InChI is InChI=1S/C18H19N3O3/c22-17-16(19-8-9-20-17)18(23)21-10-14(12-4-2-1-3-5-12)24-15(11-21)13-6-7-13/h1-5,8-9,13-15H,6-7,10-11H2,(H,20,22)/t14-,15+/m0/s1. The van der Waals surface area contributed by atoms with Crippen LogP contribution in [0.1, 0.15) is 35.0 Å². The molecule has 0 unspecified atom stereocenters. The van der Waals surface area contributed by atoms with E-state index >= 15 is 0 Å². The second-order valence-corrected chi connectivity index (χ2v) is 6.39. The molecule has 1 aliphatic carbocycles. The molecule has 2 aliphatic rings. The summed E-state index contributed by atoms with van der Waals surface area (Å²) in [6, 6.07) is 9.91. The van der Waals surface area contributed by atoms with E-state index in [2.05, 4.69) is 9.97 Å². The fraction of sp³-hybridized carbons (Fsp3) is 0.389. The van der Waals surface area contributed by atoms with Crippen molar-refractivity contribution in [2.75, 3.05) is 13.1 Å². The summed E-state index contributed by atoms with van der Waals surface area (Å²) in [4.78, 5) is 32.8. The van der Waals surface area contributed by atoms with Gasteiger partial charge in [-0.05, 0) is 24.3 Å². The smallest absolute Gasteiger partial charge is 0.279 e. The highest BCUT2D eigenvalue weighted by molar-refractivity contribution is 5.92. The fourth-order valence-corrected chi connectivity index (χ4v) is 3.19. The Morgan fingerprint density at radius 2 is 2.00 bits per heavy atom. The lowest BCUT2D eigenvalue weighted by molar-refractivity contribution is -0.0865. The van der Waals surface area contributed by atoms with Crippen molar-refractivity contribution in [1.29, 1.82) is 0 Å². The number of carbonyl (C=O) groups is 1. The van der Waals surface area contributed by atoms with Gasteiger partial charge >= 0.3 is 0 Å². The lowest BCUT2D eigenvalue weighted by Gasteiger charge is -2.38. The first-order valence-corrected chi connectivity index (χ1v) is 8.26. The second-order valence-electron chi connectivity index (χ2n) is 6.39. The summed E-state index contributed by atoms with van der Waals surface area (Å²) in [5, 5.41) is 0. The molecule has 1 aromatic heterocycles. The molecular weight excluding hydrogens is 306 g/mol. The predicted molar refractivity (Wildman–Crippen MR) is 87.5 cm³/mol. The molecule has 2 fully saturated rings. The Bertz CT molecular complexity index is 785. The van der Waals surface area contributed by atoms with Crippen LogP contribution in [0.15, 0.2) is 47.5 Å². The van der Waals surface area contributed by atoms with Crippen LogP contribution in [-0.2, 0) is 4.74 Å². The van der Waals surface area contributed by atoms with Gasteiger partial charge in [-0.3, -0.25) is 9.59 Å². The van der Waals surface area contributed by atoms with Gasteiger partial charge in [-0.25, -0.2) is 4.98 Å². The maximum Gasteiger partial charge on any atom is 0.279 e. The Balaban J connectivity index is 1.61. The van der Waals surface area contributed by atoms with Crippen molar-refractivity contribution in [3.05, 3.63) is 64.3 Å². The van der Waals surface area contributed by atoms with Gasteiger partial charge in [0.15, 0.2) is 5.69 Å². The number of carbonyl (C=O) groups excluding carboxylic acids is 1. The van der Waals surface area contributed by atoms with Gasteiger partial charge in [0.1, 0.15) is 6.10 Å². The minimum absolute atomic E-state index is 0.0238. The maximum absolute atomic E-state index is 12.8. The van der Waals surface area contributed by atoms with E-state index in [0.717, 1.165) is 18.4 Å². The molecule has 0 bridgehead atoms. The minimum Gasteiger partial charge on any atom is -0.366 e. The topological polar surface area (TPSA) is 75.3 Å². The molecule has 4 rings (SSSR count). The molecule has 6 nitrogen and oxygen atoms in total. The lowest BCUT2D eigenvalue weighted by atomic mass is 10.0. The molecule has 1 aromatic carbocycles. The van der Waals surface area contributed by atoms with Gasteiger partial charge in [0, 0.05) is 18.9 Å². The number of hydrogen-bond acceptors (Lipinski definition) is 4. The number of nitrogens with zero attached hydrogens (tertiary/aromatic N) is 2. The van der Waals surface area contributed by atoms with Gasteiger partial charge < -0.3 is 14.6 Å². The summed E-state index contributed by atoms with van der Waals surface area (Å²) in [5.41, 5.74) is 0.546. The van der Waals surface area contributed by atoms with Crippen molar-refractivity contribution < 1.29 is 9.53 Å². The summed E-state index contributed by atoms with van der Waals surface area (Å²) in [6.07, 6.45) is 4.99. The monoisotopic (exact) mass is 325 g/mol. The van der Waals surface area contributed by atoms with E-state index in [1.807, 2.05) is 30.3 Å². The van der Waals surface area contributed by atoms with Crippen LogP contribution in [0.5, 0.6) is 0 Å². The summed E-state index contributed by atoms with van der Waals surface area (Å²) < 4.78 is 6.24. The van der Waals surface area contributed by atoms with Gasteiger partial charge in [0.2, 0.25) is 0 Å². The first kappa shape index (κ1) is 15.1. The van der Waals surface area contributed by atoms with Crippen molar-refractivity contribution in [3.8, 4) is 0 Å². The first-order valence-electron chi connectivity index (χ1n) is 8.26. The second kappa shape index (κ2) is 6.20. The SMILES string of the molecule is O=C(c1ncc[nH]c1=O)N1C[C@@H](c2ccccc2)O[C@@H](C2CC2)C1. The molecule has 1 saturated carbocycles. The molecule has 24 heavy (non-hydrogen) atoms. The molecule has 1 amide bonds. The Morgan fingerprint density at radius 1 is 1.21 bits per heavy atom. The quantitative estimate of drug-likeness (QED) is 0.933. The number of ether oxygens (including phenoxy) is 1. The van der Waals surface area contributed by atoms with Crippen LogP contribution in [0.3, 0.4) is 0 Å². The molecule has 2 heterocycles. The van der Waals surface area contributed by atoms with Gasteiger partial charge in [0.25, 0.3) is 11.5 Å². The van der Waals surface area contributed by atoms with Crippen LogP contribution in [0.2, 0.25) is 0 Å². The molecule has 1 N–H and O–H groups in total. The number of hydrogen-bond donors (Lipinski definition) is 1. The average molecular weight is 325 g/mol. The number of amides is 1. The van der Waals surface area contributed by atoms with E-state index in [1.54, 1.807) is 4.90 Å². The van der Waals surface area contributed by atoms with Crippen LogP contribution in [0.4, 0.5) is 0 Å². The van der Waals surface area contributed by atoms with E-state index in [1.165, 1.54) is 12.4 Å². The maximum atomic E-state index is 12.8. The largest absolute Gasteiger partial charge is 0.366 e. The highest BCUT2D eigenvalue weighted by Crippen LogP contribution is 2.39. The highest BCUT2D eigenvalue weighted by Gasteiger charge is 2.40. The number of H-pyrrole nitrogens is 1. The summed E-state index contributed by atoms with van der Waals surface area (Å²) in [7, 11) is 0. The normalized spacial score (nSPS) is 23.9. The Hall–Kier alpha value is -2.47. The van der Waals surface area contributed by atoms with Crippen LogP contribution in [0, 0.1) is 5.92 Å². The van der Waals surface area contributed by atoms with E-state index in [0.29, 0.717) is 19.0 Å². The molecule has 2 aromatic rings. The van der Waals surface area contributed by atoms with Gasteiger partial charge in [-0.15, -0.1) is 0 Å². The number of benzene rings is 1. The van der Waals surface area contributed by atoms with Crippen LogP contribution in [0.25, 0.3) is 0 Å². The van der Waals surface area contributed by atoms with Crippen molar-refractivity contribution in [2.24, 2.45) is 5.92 Å². The van der Waals surface area contributed by atoms with Crippen LogP contribution >= 0.6 is 0 Å². The molecule has 1 saturated heterocycles. The molecule has 124 valence electrons. The molecule has 0 spiro atoms. The number of aromatic nitrogens is 2. The third-order valence-corrected chi connectivity index (χ3v) is 4.64. The van der Waals surface area contributed by atoms with E-state index in [9.17, 15) is 9.59 Å². The zero-order chi connectivity index (χ0) is 16.5. The third-order valence-electron chi connectivity index (χ3n) is 4.64. The van der Waals surface area contributed by atoms with Gasteiger partial charge in [0.05, 0.1) is 12.6 Å². The Kier molecular flexibility index (Phi) is 3.90. The first-order chi connectivity index (χ1) is 11.7. The zero-order valence-electron chi connectivity index (χ0n) is 13.2. The minimum atomic E-state index is -0.451. The predicted octanol–water partition coefficient (Wildman–Crippen LogP) is 1.76. The molecular formula is C18H19N3O3. The van der Waals surface area contributed by atoms with E-state index in [-0.39, 0.29) is 23.8 Å². The van der Waals surface area contributed by atoms with Gasteiger partial charge in [-0.1, -0.05) is 30.3 Å². The fourth-order valence-electron chi connectivity index (χ4n) is 3.19.